The third-order valence-electron chi connectivity index (χ3n) is 6.35. The van der Waals surface area contributed by atoms with Crippen molar-refractivity contribution in [2.75, 3.05) is 6.61 Å². The van der Waals surface area contributed by atoms with E-state index in [0.29, 0.717) is 11.1 Å². The first kappa shape index (κ1) is 27.5. The Kier molecular flexibility index (Phi) is 7.53. The van der Waals surface area contributed by atoms with E-state index < -0.39 is 53.2 Å². The summed E-state index contributed by atoms with van der Waals surface area (Å²) in [6.45, 7) is -0.348. The lowest BCUT2D eigenvalue weighted by Crippen LogP contribution is -2.36. The molecule has 12 heteroatoms. The van der Waals surface area contributed by atoms with Crippen LogP contribution in [0.25, 0.3) is 28.4 Å². The number of aromatic hydroxyl groups is 4. The largest absolute Gasteiger partial charge is 0.508 e. The first-order valence-corrected chi connectivity index (χ1v) is 12.2. The van der Waals surface area contributed by atoms with Gasteiger partial charge in [0.25, 0.3) is 0 Å². The van der Waals surface area contributed by atoms with E-state index in [-0.39, 0.29) is 34.8 Å². The molecule has 0 bridgehead atoms. The molecule has 4 aromatic rings. The summed E-state index contributed by atoms with van der Waals surface area (Å²) in [5.74, 6) is -2.55. The Hall–Kier alpha value is -5.04. The fraction of sp³-hybridized carbons (Fsp3) is 0.172. The minimum absolute atomic E-state index is 0.0907. The minimum atomic E-state index is -1.44. The van der Waals surface area contributed by atoms with E-state index >= 15 is 0 Å². The lowest BCUT2D eigenvalue weighted by atomic mass is 10.1. The standard InChI is InChI=1S/C29H24O12/c30-16-6-1-14(2-7-16)3-10-23(33)38-13-22-26(35)28(37)29(41-22)39-17-8-4-15(5-9-17)20-11-18(31)24-21(40-20)12-19(32)25(34)27(24)36/h1-12,22,26,28-30,32,34-37H,13H2/t22-,26-,28+,29+/m0/s1. The Morgan fingerprint density at radius 2 is 1.61 bits per heavy atom. The van der Waals surface area contributed by atoms with Crippen LogP contribution in [0, 0.1) is 0 Å². The highest BCUT2D eigenvalue weighted by Gasteiger charge is 2.44. The van der Waals surface area contributed by atoms with E-state index in [1.807, 2.05) is 0 Å². The number of benzene rings is 3. The zero-order chi connectivity index (χ0) is 29.3. The molecule has 1 aromatic heterocycles. The Labute approximate surface area is 231 Å². The van der Waals surface area contributed by atoms with Gasteiger partial charge in [0.15, 0.2) is 16.9 Å². The number of rotatable bonds is 7. The average molecular weight is 564 g/mol. The van der Waals surface area contributed by atoms with E-state index in [4.69, 9.17) is 18.6 Å². The quantitative estimate of drug-likeness (QED) is 0.109. The van der Waals surface area contributed by atoms with E-state index in [9.17, 15) is 40.2 Å². The van der Waals surface area contributed by atoms with Crippen molar-refractivity contribution in [3.05, 3.63) is 82.5 Å². The molecule has 1 saturated heterocycles. The van der Waals surface area contributed by atoms with Crippen molar-refractivity contribution < 1.29 is 54.1 Å². The van der Waals surface area contributed by atoms with Gasteiger partial charge in [0.05, 0.1) is 0 Å². The van der Waals surface area contributed by atoms with E-state index in [1.165, 1.54) is 48.6 Å². The third kappa shape index (κ3) is 5.79. The maximum atomic E-state index is 12.5. The summed E-state index contributed by atoms with van der Waals surface area (Å²) in [7, 11) is 0. The van der Waals surface area contributed by atoms with Gasteiger partial charge in [-0.1, -0.05) is 12.1 Å². The predicted octanol–water partition coefficient (Wildman–Crippen LogP) is 2.36. The number of carbonyl (C=O) groups is 1. The van der Waals surface area contributed by atoms with Gasteiger partial charge in [-0.25, -0.2) is 4.79 Å². The van der Waals surface area contributed by atoms with Crippen LogP contribution in [0.1, 0.15) is 5.56 Å². The normalized spacial score (nSPS) is 20.4. The highest BCUT2D eigenvalue weighted by Crippen LogP contribution is 2.40. The van der Waals surface area contributed by atoms with Crippen LogP contribution in [0.5, 0.6) is 28.7 Å². The van der Waals surface area contributed by atoms with Gasteiger partial charge in [0.2, 0.25) is 12.0 Å². The molecule has 0 amide bonds. The summed E-state index contributed by atoms with van der Waals surface area (Å²) in [6.07, 6.45) is -2.51. The van der Waals surface area contributed by atoms with Gasteiger partial charge in [0.1, 0.15) is 53.1 Å². The molecule has 212 valence electrons. The first-order chi connectivity index (χ1) is 19.6. The lowest BCUT2D eigenvalue weighted by Gasteiger charge is -2.17. The molecule has 0 unspecified atom stereocenters. The van der Waals surface area contributed by atoms with Crippen molar-refractivity contribution in [1.82, 2.24) is 0 Å². The zero-order valence-corrected chi connectivity index (χ0v) is 21.1. The molecule has 0 saturated carbocycles. The molecule has 12 nitrogen and oxygen atoms in total. The molecule has 0 aliphatic carbocycles. The number of phenols is 4. The molecule has 5 rings (SSSR count). The number of phenolic OH excluding ortho intramolecular Hbond substituents is 4. The average Bonchev–Trinajstić information content (AvgIpc) is 3.22. The topological polar surface area (TPSA) is 196 Å². The third-order valence-corrected chi connectivity index (χ3v) is 6.35. The summed E-state index contributed by atoms with van der Waals surface area (Å²) in [5.41, 5.74) is 0.308. The van der Waals surface area contributed by atoms with Crippen molar-refractivity contribution in [2.24, 2.45) is 0 Å². The zero-order valence-electron chi connectivity index (χ0n) is 21.1. The van der Waals surface area contributed by atoms with Crippen molar-refractivity contribution in [3.63, 3.8) is 0 Å². The van der Waals surface area contributed by atoms with Crippen molar-refractivity contribution in [2.45, 2.75) is 24.6 Å². The number of carbonyl (C=O) groups excluding carboxylic acids is 1. The molecule has 0 radical (unpaired) electrons. The van der Waals surface area contributed by atoms with Gasteiger partial charge in [-0.3, -0.25) is 4.79 Å². The predicted molar refractivity (Wildman–Crippen MR) is 142 cm³/mol. The van der Waals surface area contributed by atoms with Crippen LogP contribution >= 0.6 is 0 Å². The van der Waals surface area contributed by atoms with Crippen LogP contribution in [-0.4, -0.2) is 67.8 Å². The van der Waals surface area contributed by atoms with Crippen molar-refractivity contribution in [1.29, 1.82) is 0 Å². The van der Waals surface area contributed by atoms with Crippen LogP contribution < -0.4 is 10.2 Å². The second-order valence-electron chi connectivity index (χ2n) is 9.16. The molecular formula is C29H24O12. The summed E-state index contributed by atoms with van der Waals surface area (Å²) in [6, 6.07) is 14.3. The molecule has 4 atom stereocenters. The number of aliphatic hydroxyl groups excluding tert-OH is 2. The maximum Gasteiger partial charge on any atom is 0.330 e. The number of esters is 1. The van der Waals surface area contributed by atoms with Gasteiger partial charge in [-0.2, -0.15) is 0 Å². The molecule has 1 aliphatic rings. The first-order valence-electron chi connectivity index (χ1n) is 12.2. The van der Waals surface area contributed by atoms with Gasteiger partial charge in [-0.05, 0) is 48.0 Å². The molecular weight excluding hydrogens is 540 g/mol. The lowest BCUT2D eigenvalue weighted by molar-refractivity contribution is -0.149. The number of hydrogen-bond donors (Lipinski definition) is 6. The fourth-order valence-electron chi connectivity index (χ4n) is 4.16. The Bertz CT molecular complexity index is 1660. The second kappa shape index (κ2) is 11.2. The van der Waals surface area contributed by atoms with Crippen LogP contribution in [0.4, 0.5) is 0 Å². The van der Waals surface area contributed by atoms with Crippen LogP contribution in [0.3, 0.4) is 0 Å². The summed E-state index contributed by atoms with van der Waals surface area (Å²) < 4.78 is 21.9. The molecule has 1 aliphatic heterocycles. The SMILES string of the molecule is O=C(C=Cc1ccc(O)cc1)OC[C@@H]1O[C@@H](Oc2ccc(-c3cc(=O)c4c(O)c(O)c(O)cc4o3)cc2)[C@H](O)[C@H]1O. The summed E-state index contributed by atoms with van der Waals surface area (Å²) in [4.78, 5) is 24.5. The van der Waals surface area contributed by atoms with Crippen molar-refractivity contribution in [3.8, 4) is 40.1 Å². The number of hydrogen-bond acceptors (Lipinski definition) is 12. The Balaban J connectivity index is 1.21. The molecule has 2 heterocycles. The number of ether oxygens (including phenoxy) is 3. The highest BCUT2D eigenvalue weighted by molar-refractivity contribution is 5.89. The van der Waals surface area contributed by atoms with Gasteiger partial charge >= 0.3 is 5.97 Å². The van der Waals surface area contributed by atoms with Crippen LogP contribution in [-0.2, 0) is 14.3 Å². The minimum Gasteiger partial charge on any atom is -0.508 e. The summed E-state index contributed by atoms with van der Waals surface area (Å²) >= 11 is 0. The van der Waals surface area contributed by atoms with Gasteiger partial charge < -0.3 is 49.3 Å². The molecule has 3 aromatic carbocycles. The molecule has 6 N–H and O–H groups in total. The maximum absolute atomic E-state index is 12.5. The molecule has 0 spiro atoms. The van der Waals surface area contributed by atoms with E-state index in [0.717, 1.165) is 12.1 Å². The van der Waals surface area contributed by atoms with Crippen molar-refractivity contribution >= 4 is 23.0 Å². The second-order valence-corrected chi connectivity index (χ2v) is 9.16. The van der Waals surface area contributed by atoms with E-state index in [1.54, 1.807) is 12.1 Å². The monoisotopic (exact) mass is 564 g/mol. The van der Waals surface area contributed by atoms with Gasteiger partial charge in [0, 0.05) is 23.8 Å². The van der Waals surface area contributed by atoms with Crippen LogP contribution in [0.2, 0.25) is 0 Å². The Morgan fingerprint density at radius 3 is 2.32 bits per heavy atom. The van der Waals surface area contributed by atoms with Gasteiger partial charge in [-0.15, -0.1) is 0 Å². The molecule has 1 fully saturated rings. The number of fused-ring (bicyclic) bond motifs is 1. The summed E-state index contributed by atoms with van der Waals surface area (Å²) in [5, 5.41) is 59.1. The Morgan fingerprint density at radius 1 is 0.902 bits per heavy atom. The van der Waals surface area contributed by atoms with Crippen LogP contribution in [0.15, 0.2) is 76.0 Å². The highest BCUT2D eigenvalue weighted by atomic mass is 16.7. The smallest absolute Gasteiger partial charge is 0.330 e. The molecule has 41 heavy (non-hydrogen) atoms. The van der Waals surface area contributed by atoms with E-state index in [2.05, 4.69) is 0 Å². The fourth-order valence-corrected chi connectivity index (χ4v) is 4.16. The number of aliphatic hydroxyl groups is 2.